The monoisotopic (exact) mass is 181 g/mol. The molecule has 0 spiro atoms. The lowest BCUT2D eigenvalue weighted by atomic mass is 10.3. The zero-order chi connectivity index (χ0) is 9.19. The fraction of sp³-hybridized carbons (Fsp3) is 0.125. The Kier molecular flexibility index (Phi) is 2.15. The minimum absolute atomic E-state index is 0.0120. The van der Waals surface area contributed by atoms with Gasteiger partial charge in [0, 0.05) is 18.0 Å². The van der Waals surface area contributed by atoms with Gasteiger partial charge in [0.25, 0.3) is 0 Å². The van der Waals surface area contributed by atoms with Crippen molar-refractivity contribution in [2.45, 2.75) is 5.03 Å². The molecule has 1 heterocycles. The van der Waals surface area contributed by atoms with E-state index in [0.29, 0.717) is 5.56 Å². The highest BCUT2D eigenvalue weighted by Crippen LogP contribution is 2.06. The Hall–Kier alpha value is -1.34. The van der Waals surface area contributed by atoms with E-state index in [-0.39, 0.29) is 5.03 Å². The molecule has 0 N–H and O–H groups in total. The van der Waals surface area contributed by atoms with Crippen LogP contribution in [0.5, 0.6) is 0 Å². The van der Waals surface area contributed by atoms with Crippen LogP contribution < -0.4 is 0 Å². The second-order valence-corrected chi connectivity index (χ2v) is 4.26. The SMILES string of the molecule is C#Cc1ccnc(S(C)(=O)=O)c1. The van der Waals surface area contributed by atoms with E-state index in [0.717, 1.165) is 6.26 Å². The van der Waals surface area contributed by atoms with Crippen molar-refractivity contribution in [3.8, 4) is 12.3 Å². The van der Waals surface area contributed by atoms with Gasteiger partial charge in [-0.1, -0.05) is 5.92 Å². The van der Waals surface area contributed by atoms with Gasteiger partial charge in [0.05, 0.1) is 0 Å². The number of aromatic nitrogens is 1. The first-order chi connectivity index (χ1) is 5.54. The van der Waals surface area contributed by atoms with Crippen LogP contribution in [0.2, 0.25) is 0 Å². The molecule has 0 fully saturated rings. The van der Waals surface area contributed by atoms with E-state index in [9.17, 15) is 8.42 Å². The quantitative estimate of drug-likeness (QED) is 0.591. The average Bonchev–Trinajstić information content (AvgIpc) is 2.03. The van der Waals surface area contributed by atoms with Crippen molar-refractivity contribution in [1.82, 2.24) is 4.98 Å². The van der Waals surface area contributed by atoms with Crippen molar-refractivity contribution in [2.24, 2.45) is 0 Å². The topological polar surface area (TPSA) is 47.0 Å². The molecule has 0 saturated heterocycles. The lowest BCUT2D eigenvalue weighted by Crippen LogP contribution is -2.00. The van der Waals surface area contributed by atoms with E-state index < -0.39 is 9.84 Å². The smallest absolute Gasteiger partial charge is 0.192 e. The number of rotatable bonds is 1. The van der Waals surface area contributed by atoms with Crippen LogP contribution in [0.3, 0.4) is 0 Å². The summed E-state index contributed by atoms with van der Waals surface area (Å²) in [6.07, 6.45) is 7.56. The Balaban J connectivity index is 3.32. The molecule has 1 aromatic heterocycles. The highest BCUT2D eigenvalue weighted by Gasteiger charge is 2.07. The average molecular weight is 181 g/mol. The number of hydrogen-bond acceptors (Lipinski definition) is 3. The van der Waals surface area contributed by atoms with E-state index in [2.05, 4.69) is 10.9 Å². The fourth-order valence-electron chi connectivity index (χ4n) is 0.702. The number of pyridine rings is 1. The molecular formula is C8H7NO2S. The maximum atomic E-state index is 11.0. The molecule has 1 aromatic rings. The van der Waals surface area contributed by atoms with Gasteiger partial charge < -0.3 is 0 Å². The zero-order valence-corrected chi connectivity index (χ0v) is 7.30. The third kappa shape index (κ3) is 1.83. The summed E-state index contributed by atoms with van der Waals surface area (Å²) in [6.45, 7) is 0. The van der Waals surface area contributed by atoms with Gasteiger partial charge in [-0.2, -0.15) is 0 Å². The normalized spacial score (nSPS) is 10.7. The van der Waals surface area contributed by atoms with Gasteiger partial charge in [-0.15, -0.1) is 6.42 Å². The van der Waals surface area contributed by atoms with Gasteiger partial charge in [0.15, 0.2) is 14.9 Å². The summed E-state index contributed by atoms with van der Waals surface area (Å²) in [7, 11) is -3.24. The van der Waals surface area contributed by atoms with E-state index in [1.165, 1.54) is 12.3 Å². The lowest BCUT2D eigenvalue weighted by Gasteiger charge is -1.96. The first-order valence-electron chi connectivity index (χ1n) is 3.17. The summed E-state index contributed by atoms with van der Waals surface area (Å²) in [4.78, 5) is 3.68. The molecule has 0 aliphatic rings. The van der Waals surface area contributed by atoms with Gasteiger partial charge in [0.1, 0.15) is 0 Å². The molecule has 0 aromatic carbocycles. The predicted molar refractivity (Wildman–Crippen MR) is 45.3 cm³/mol. The van der Waals surface area contributed by atoms with Crippen molar-refractivity contribution >= 4 is 9.84 Å². The van der Waals surface area contributed by atoms with Crippen LogP contribution in [0.15, 0.2) is 23.4 Å². The summed E-state index contributed by atoms with van der Waals surface area (Å²) in [6, 6.07) is 2.95. The molecule has 0 bridgehead atoms. The Labute approximate surface area is 71.4 Å². The van der Waals surface area contributed by atoms with Crippen molar-refractivity contribution in [1.29, 1.82) is 0 Å². The van der Waals surface area contributed by atoms with Crippen LogP contribution in [0.4, 0.5) is 0 Å². The minimum Gasteiger partial charge on any atom is -0.245 e. The number of nitrogens with zero attached hydrogens (tertiary/aromatic N) is 1. The van der Waals surface area contributed by atoms with Gasteiger partial charge >= 0.3 is 0 Å². The molecule has 3 nitrogen and oxygen atoms in total. The predicted octanol–water partition coefficient (Wildman–Crippen LogP) is 0.466. The molecule has 62 valence electrons. The number of sulfone groups is 1. The molecule has 0 atom stereocenters. The lowest BCUT2D eigenvalue weighted by molar-refractivity contribution is 0.598. The van der Waals surface area contributed by atoms with Crippen molar-refractivity contribution in [3.05, 3.63) is 23.9 Å². The van der Waals surface area contributed by atoms with Gasteiger partial charge in [-0.25, -0.2) is 13.4 Å². The zero-order valence-electron chi connectivity index (χ0n) is 6.48. The van der Waals surface area contributed by atoms with E-state index in [4.69, 9.17) is 6.42 Å². The summed E-state index contributed by atoms with van der Waals surface area (Å²) in [5.41, 5.74) is 0.519. The van der Waals surface area contributed by atoms with Crippen molar-refractivity contribution in [2.75, 3.05) is 6.26 Å². The van der Waals surface area contributed by atoms with Gasteiger partial charge in [-0.3, -0.25) is 0 Å². The summed E-state index contributed by atoms with van der Waals surface area (Å²) < 4.78 is 21.9. The first-order valence-corrected chi connectivity index (χ1v) is 5.06. The molecule has 0 aliphatic carbocycles. The van der Waals surface area contributed by atoms with Crippen molar-refractivity contribution < 1.29 is 8.42 Å². The first kappa shape index (κ1) is 8.75. The Morgan fingerprint density at radius 1 is 1.58 bits per heavy atom. The fourth-order valence-corrected chi connectivity index (χ4v) is 1.30. The van der Waals surface area contributed by atoms with Gasteiger partial charge in [-0.05, 0) is 12.1 Å². The van der Waals surface area contributed by atoms with Crippen LogP contribution in [0.25, 0.3) is 0 Å². The highest BCUT2D eigenvalue weighted by atomic mass is 32.2. The van der Waals surface area contributed by atoms with Crippen LogP contribution in [-0.2, 0) is 9.84 Å². The van der Waals surface area contributed by atoms with E-state index >= 15 is 0 Å². The van der Waals surface area contributed by atoms with Crippen LogP contribution in [0, 0.1) is 12.3 Å². The van der Waals surface area contributed by atoms with Gasteiger partial charge in [0.2, 0.25) is 0 Å². The number of terminal acetylenes is 1. The molecule has 0 aliphatic heterocycles. The largest absolute Gasteiger partial charge is 0.245 e. The molecular weight excluding hydrogens is 174 g/mol. The Morgan fingerprint density at radius 3 is 2.75 bits per heavy atom. The van der Waals surface area contributed by atoms with E-state index in [1.54, 1.807) is 6.07 Å². The number of hydrogen-bond donors (Lipinski definition) is 0. The summed E-state index contributed by atoms with van der Waals surface area (Å²) in [5, 5.41) is 0.0120. The standard InChI is InChI=1S/C8H7NO2S/c1-3-7-4-5-9-8(6-7)12(2,10)11/h1,4-6H,2H3. The molecule has 0 saturated carbocycles. The highest BCUT2D eigenvalue weighted by molar-refractivity contribution is 7.90. The maximum absolute atomic E-state index is 11.0. The van der Waals surface area contributed by atoms with Crippen molar-refractivity contribution in [3.63, 3.8) is 0 Å². The third-order valence-electron chi connectivity index (χ3n) is 1.28. The Bertz CT molecular complexity index is 429. The molecule has 4 heteroatoms. The van der Waals surface area contributed by atoms with Crippen LogP contribution in [-0.4, -0.2) is 19.7 Å². The Morgan fingerprint density at radius 2 is 2.25 bits per heavy atom. The second-order valence-electron chi connectivity index (χ2n) is 2.30. The minimum atomic E-state index is -3.24. The maximum Gasteiger partial charge on any atom is 0.192 e. The molecule has 12 heavy (non-hydrogen) atoms. The third-order valence-corrected chi connectivity index (χ3v) is 2.26. The van der Waals surface area contributed by atoms with Crippen LogP contribution >= 0.6 is 0 Å². The molecule has 0 amide bonds. The summed E-state index contributed by atoms with van der Waals surface area (Å²) in [5.74, 6) is 2.34. The van der Waals surface area contributed by atoms with Crippen LogP contribution in [0.1, 0.15) is 5.56 Å². The van der Waals surface area contributed by atoms with E-state index in [1.807, 2.05) is 0 Å². The second kappa shape index (κ2) is 2.95. The summed E-state index contributed by atoms with van der Waals surface area (Å²) >= 11 is 0. The molecule has 0 radical (unpaired) electrons. The molecule has 0 unspecified atom stereocenters. The molecule has 1 rings (SSSR count).